The van der Waals surface area contributed by atoms with Gasteiger partial charge in [-0.25, -0.2) is 0 Å². The average molecular weight is 283 g/mol. The molecule has 1 unspecified atom stereocenters. The lowest BCUT2D eigenvalue weighted by atomic mass is 9.97. The molecule has 1 atom stereocenters. The van der Waals surface area contributed by atoms with Crippen LogP contribution < -0.4 is 11.1 Å². The van der Waals surface area contributed by atoms with Crippen molar-refractivity contribution in [2.24, 2.45) is 10.9 Å². The molecule has 0 aliphatic rings. The third-order valence-electron chi connectivity index (χ3n) is 3.13. The quantitative estimate of drug-likeness (QED) is 0.348. The summed E-state index contributed by atoms with van der Waals surface area (Å²) in [5.74, 6) is -1.33. The van der Waals surface area contributed by atoms with Gasteiger partial charge in [-0.15, -0.1) is 0 Å². The largest absolute Gasteiger partial charge is 0.409 e. The zero-order valence-corrected chi connectivity index (χ0v) is 11.7. The molecular formula is C16H17N3O2. The van der Waals surface area contributed by atoms with Crippen molar-refractivity contribution in [2.75, 3.05) is 5.32 Å². The molecule has 0 aromatic heterocycles. The minimum atomic E-state index is -0.836. The van der Waals surface area contributed by atoms with Crippen LogP contribution in [0.1, 0.15) is 17.0 Å². The molecule has 2 aromatic rings. The number of amides is 1. The molecule has 4 N–H and O–H groups in total. The summed E-state index contributed by atoms with van der Waals surface area (Å²) in [4.78, 5) is 12.4. The molecule has 0 aliphatic carbocycles. The lowest BCUT2D eigenvalue weighted by Gasteiger charge is -2.16. The molecule has 0 saturated carbocycles. The molecule has 0 bridgehead atoms. The van der Waals surface area contributed by atoms with E-state index in [4.69, 9.17) is 10.9 Å². The smallest absolute Gasteiger partial charge is 0.239 e. The predicted molar refractivity (Wildman–Crippen MR) is 82.4 cm³/mol. The highest BCUT2D eigenvalue weighted by atomic mass is 16.4. The van der Waals surface area contributed by atoms with Gasteiger partial charge in [-0.2, -0.15) is 0 Å². The summed E-state index contributed by atoms with van der Waals surface area (Å²) in [6, 6.07) is 16.4. The summed E-state index contributed by atoms with van der Waals surface area (Å²) in [6.07, 6.45) is 0. The van der Waals surface area contributed by atoms with Gasteiger partial charge in [0.1, 0.15) is 5.92 Å². The minimum absolute atomic E-state index is 0.147. The fraction of sp³-hybridized carbons (Fsp3) is 0.125. The molecule has 2 rings (SSSR count). The molecule has 0 fully saturated rings. The first kappa shape index (κ1) is 14.6. The molecule has 0 heterocycles. The van der Waals surface area contributed by atoms with Gasteiger partial charge in [0.05, 0.1) is 0 Å². The highest BCUT2D eigenvalue weighted by Gasteiger charge is 2.25. The van der Waals surface area contributed by atoms with E-state index >= 15 is 0 Å². The van der Waals surface area contributed by atoms with Crippen LogP contribution in [0.4, 0.5) is 5.69 Å². The second kappa shape index (κ2) is 6.56. The normalized spacial score (nSPS) is 12.7. The van der Waals surface area contributed by atoms with E-state index in [0.717, 1.165) is 5.56 Å². The molecular weight excluding hydrogens is 266 g/mol. The van der Waals surface area contributed by atoms with E-state index in [-0.39, 0.29) is 11.7 Å². The Labute approximate surface area is 123 Å². The van der Waals surface area contributed by atoms with E-state index in [2.05, 4.69) is 10.5 Å². The van der Waals surface area contributed by atoms with E-state index < -0.39 is 5.92 Å². The number of nitrogens with two attached hydrogens (primary N) is 1. The number of hydrogen-bond acceptors (Lipinski definition) is 3. The van der Waals surface area contributed by atoms with Crippen LogP contribution in [0.15, 0.2) is 59.8 Å². The summed E-state index contributed by atoms with van der Waals surface area (Å²) < 4.78 is 0. The lowest BCUT2D eigenvalue weighted by Crippen LogP contribution is -2.32. The topological polar surface area (TPSA) is 87.7 Å². The van der Waals surface area contributed by atoms with Crippen LogP contribution >= 0.6 is 0 Å². The standard InChI is InChI=1S/C16H17N3O2/c1-11-7-9-13(10-8-11)18-16(20)14(15(17)19-21)12-5-3-2-4-6-12/h2-10,14,21H,1H3,(H2,17,19)(H,18,20). The zero-order chi connectivity index (χ0) is 15.2. The van der Waals surface area contributed by atoms with Gasteiger partial charge < -0.3 is 16.3 Å². The van der Waals surface area contributed by atoms with Crippen LogP contribution in [0, 0.1) is 6.92 Å². The van der Waals surface area contributed by atoms with Crippen molar-refractivity contribution in [3.05, 3.63) is 65.7 Å². The Balaban J connectivity index is 2.25. The molecule has 2 aromatic carbocycles. The first-order valence-corrected chi connectivity index (χ1v) is 6.51. The van der Waals surface area contributed by atoms with E-state index in [1.807, 2.05) is 37.3 Å². The first-order chi connectivity index (χ1) is 10.1. The van der Waals surface area contributed by atoms with E-state index in [1.54, 1.807) is 24.3 Å². The SMILES string of the molecule is Cc1ccc(NC(=O)C(C(N)=NO)c2ccccc2)cc1. The average Bonchev–Trinajstić information content (AvgIpc) is 2.50. The third-order valence-corrected chi connectivity index (χ3v) is 3.13. The molecule has 1 amide bonds. The highest BCUT2D eigenvalue weighted by molar-refractivity contribution is 6.12. The molecule has 0 aliphatic heterocycles. The van der Waals surface area contributed by atoms with Gasteiger partial charge in [0.2, 0.25) is 5.91 Å². The Kier molecular flexibility index (Phi) is 4.56. The second-order valence-electron chi connectivity index (χ2n) is 4.72. The van der Waals surface area contributed by atoms with Crippen LogP contribution in [0.3, 0.4) is 0 Å². The number of amidine groups is 1. The molecule has 0 saturated heterocycles. The van der Waals surface area contributed by atoms with Gasteiger partial charge >= 0.3 is 0 Å². The maximum atomic E-state index is 12.4. The van der Waals surface area contributed by atoms with Gasteiger partial charge in [-0.05, 0) is 24.6 Å². The van der Waals surface area contributed by atoms with Crippen LogP contribution in [0.25, 0.3) is 0 Å². The molecule has 5 nitrogen and oxygen atoms in total. The van der Waals surface area contributed by atoms with Crippen molar-refractivity contribution in [3.63, 3.8) is 0 Å². The van der Waals surface area contributed by atoms with Crippen molar-refractivity contribution in [1.29, 1.82) is 0 Å². The van der Waals surface area contributed by atoms with Crippen molar-refractivity contribution in [1.82, 2.24) is 0 Å². The Morgan fingerprint density at radius 2 is 1.76 bits per heavy atom. The maximum absolute atomic E-state index is 12.4. The summed E-state index contributed by atoms with van der Waals surface area (Å²) in [5, 5.41) is 14.6. The van der Waals surface area contributed by atoms with Gasteiger partial charge in [0.15, 0.2) is 5.84 Å². The third kappa shape index (κ3) is 3.60. The summed E-state index contributed by atoms with van der Waals surface area (Å²) >= 11 is 0. The van der Waals surface area contributed by atoms with E-state index in [0.29, 0.717) is 11.3 Å². The minimum Gasteiger partial charge on any atom is -0.409 e. The Bertz CT molecular complexity index is 636. The Hall–Kier alpha value is -2.82. The predicted octanol–water partition coefficient (Wildman–Crippen LogP) is 2.46. The van der Waals surface area contributed by atoms with E-state index in [1.165, 1.54) is 0 Å². The van der Waals surface area contributed by atoms with Gasteiger partial charge in [-0.3, -0.25) is 4.79 Å². The van der Waals surface area contributed by atoms with Crippen LogP contribution in [0.5, 0.6) is 0 Å². The Morgan fingerprint density at radius 1 is 1.14 bits per heavy atom. The van der Waals surface area contributed by atoms with Crippen LogP contribution in [0.2, 0.25) is 0 Å². The number of rotatable bonds is 4. The van der Waals surface area contributed by atoms with Crippen LogP contribution in [-0.2, 0) is 4.79 Å². The molecule has 0 radical (unpaired) electrons. The summed E-state index contributed by atoms with van der Waals surface area (Å²) in [6.45, 7) is 1.97. The van der Waals surface area contributed by atoms with Gasteiger partial charge in [0.25, 0.3) is 0 Å². The van der Waals surface area contributed by atoms with Crippen molar-refractivity contribution in [2.45, 2.75) is 12.8 Å². The first-order valence-electron chi connectivity index (χ1n) is 6.51. The van der Waals surface area contributed by atoms with Crippen LogP contribution in [-0.4, -0.2) is 17.0 Å². The maximum Gasteiger partial charge on any atom is 0.239 e. The fourth-order valence-electron chi connectivity index (χ4n) is 2.01. The number of aryl methyl sites for hydroxylation is 1. The van der Waals surface area contributed by atoms with Crippen molar-refractivity contribution in [3.8, 4) is 0 Å². The molecule has 5 heteroatoms. The number of carbonyl (C=O) groups excluding carboxylic acids is 1. The number of hydrogen-bond donors (Lipinski definition) is 3. The van der Waals surface area contributed by atoms with E-state index in [9.17, 15) is 4.79 Å². The summed E-state index contributed by atoms with van der Waals surface area (Å²) in [7, 11) is 0. The van der Waals surface area contributed by atoms with Gasteiger partial charge in [0, 0.05) is 5.69 Å². The monoisotopic (exact) mass is 283 g/mol. The number of nitrogens with zero attached hydrogens (tertiary/aromatic N) is 1. The van der Waals surface area contributed by atoms with Gasteiger partial charge in [-0.1, -0.05) is 53.2 Å². The number of carbonyl (C=O) groups is 1. The zero-order valence-electron chi connectivity index (χ0n) is 11.7. The number of nitrogens with one attached hydrogen (secondary N) is 1. The Morgan fingerprint density at radius 3 is 2.33 bits per heavy atom. The number of anilines is 1. The van der Waals surface area contributed by atoms with Crippen molar-refractivity contribution >= 4 is 17.4 Å². The highest BCUT2D eigenvalue weighted by Crippen LogP contribution is 2.19. The number of oxime groups is 1. The lowest BCUT2D eigenvalue weighted by molar-refractivity contribution is -0.116. The van der Waals surface area contributed by atoms with Crippen molar-refractivity contribution < 1.29 is 10.0 Å². The molecule has 0 spiro atoms. The second-order valence-corrected chi connectivity index (χ2v) is 4.72. The summed E-state index contributed by atoms with van der Waals surface area (Å²) in [5.41, 5.74) is 8.10. The molecule has 21 heavy (non-hydrogen) atoms. The number of benzene rings is 2. The molecule has 108 valence electrons. The fourth-order valence-corrected chi connectivity index (χ4v) is 2.01.